The zero-order chi connectivity index (χ0) is 15.8. The van der Waals surface area contributed by atoms with Gasteiger partial charge in [-0.3, -0.25) is 0 Å². The van der Waals surface area contributed by atoms with E-state index in [0.29, 0.717) is 18.7 Å². The number of nitrogens with one attached hydrogen (secondary N) is 2. The highest BCUT2D eigenvalue weighted by Gasteiger charge is 2.11. The lowest BCUT2D eigenvalue weighted by atomic mass is 10.1. The van der Waals surface area contributed by atoms with Crippen LogP contribution in [0.5, 0.6) is 0 Å². The van der Waals surface area contributed by atoms with E-state index < -0.39 is 5.82 Å². The van der Waals surface area contributed by atoms with Gasteiger partial charge in [-0.2, -0.15) is 0 Å². The maximum atomic E-state index is 14.1. The number of amidine groups is 1. The number of halogens is 1. The summed E-state index contributed by atoms with van der Waals surface area (Å²) in [5.41, 5.74) is 5.84. The highest BCUT2D eigenvalue weighted by atomic mass is 19.1. The highest BCUT2D eigenvalue weighted by molar-refractivity contribution is 5.97. The Hall–Kier alpha value is -2.35. The van der Waals surface area contributed by atoms with Crippen LogP contribution < -0.4 is 16.4 Å². The second kappa shape index (κ2) is 8.05. The van der Waals surface area contributed by atoms with Gasteiger partial charge in [-0.05, 0) is 6.07 Å². The Labute approximate surface area is 122 Å². The van der Waals surface area contributed by atoms with Gasteiger partial charge in [0.1, 0.15) is 5.82 Å². The van der Waals surface area contributed by atoms with Crippen molar-refractivity contribution in [3.63, 3.8) is 0 Å². The van der Waals surface area contributed by atoms with E-state index in [9.17, 15) is 9.18 Å². The Morgan fingerprint density at radius 3 is 2.76 bits per heavy atom. The van der Waals surface area contributed by atoms with E-state index >= 15 is 0 Å². The molecule has 0 spiro atoms. The molecule has 0 saturated carbocycles. The molecule has 0 aliphatic heterocycles. The molecule has 0 saturated heterocycles. The SMILES string of the molecule is CN(C)C(=O)NCCNCc1cccc(/C(N)=N/O)c1F. The summed E-state index contributed by atoms with van der Waals surface area (Å²) in [5, 5.41) is 17.1. The average Bonchev–Trinajstić information content (AvgIpc) is 2.47. The number of hydrogen-bond acceptors (Lipinski definition) is 4. The lowest BCUT2D eigenvalue weighted by Gasteiger charge is -2.12. The van der Waals surface area contributed by atoms with Crippen LogP contribution in [0.15, 0.2) is 23.4 Å². The second-order valence-corrected chi connectivity index (χ2v) is 4.57. The fraction of sp³-hybridized carbons (Fsp3) is 0.385. The second-order valence-electron chi connectivity index (χ2n) is 4.57. The molecule has 21 heavy (non-hydrogen) atoms. The number of hydrogen-bond donors (Lipinski definition) is 4. The van der Waals surface area contributed by atoms with Crippen molar-refractivity contribution in [1.29, 1.82) is 0 Å². The number of amides is 2. The van der Waals surface area contributed by atoms with Gasteiger partial charge in [0.15, 0.2) is 5.84 Å². The van der Waals surface area contributed by atoms with Gasteiger partial charge in [0.25, 0.3) is 0 Å². The molecule has 0 atom stereocenters. The van der Waals surface area contributed by atoms with Crippen molar-refractivity contribution in [3.8, 4) is 0 Å². The van der Waals surface area contributed by atoms with E-state index in [-0.39, 0.29) is 24.0 Å². The summed E-state index contributed by atoms with van der Waals surface area (Å²) in [4.78, 5) is 12.7. The van der Waals surface area contributed by atoms with Gasteiger partial charge in [0.2, 0.25) is 0 Å². The Morgan fingerprint density at radius 1 is 1.43 bits per heavy atom. The Balaban J connectivity index is 2.48. The summed E-state index contributed by atoms with van der Waals surface area (Å²) in [6.45, 7) is 1.20. The van der Waals surface area contributed by atoms with Gasteiger partial charge < -0.3 is 26.5 Å². The van der Waals surface area contributed by atoms with E-state index in [1.165, 1.54) is 11.0 Å². The van der Waals surface area contributed by atoms with Crippen LogP contribution in [-0.2, 0) is 6.54 Å². The monoisotopic (exact) mass is 297 g/mol. The minimum absolute atomic E-state index is 0.0534. The zero-order valence-electron chi connectivity index (χ0n) is 12.1. The van der Waals surface area contributed by atoms with Crippen molar-refractivity contribution in [3.05, 3.63) is 35.1 Å². The molecule has 116 valence electrons. The average molecular weight is 297 g/mol. The topological polar surface area (TPSA) is 103 Å². The molecular weight excluding hydrogens is 277 g/mol. The first-order valence-corrected chi connectivity index (χ1v) is 6.38. The van der Waals surface area contributed by atoms with Gasteiger partial charge in [0.05, 0.1) is 5.56 Å². The van der Waals surface area contributed by atoms with Gasteiger partial charge in [-0.25, -0.2) is 9.18 Å². The molecule has 1 rings (SSSR count). The molecule has 0 aliphatic rings. The van der Waals surface area contributed by atoms with Crippen molar-refractivity contribution in [2.24, 2.45) is 10.9 Å². The lowest BCUT2D eigenvalue weighted by molar-refractivity contribution is 0.217. The fourth-order valence-electron chi connectivity index (χ4n) is 1.61. The number of rotatable bonds is 6. The van der Waals surface area contributed by atoms with E-state index in [1.54, 1.807) is 26.2 Å². The molecule has 0 heterocycles. The first-order chi connectivity index (χ1) is 9.97. The third-order valence-electron chi connectivity index (χ3n) is 2.76. The summed E-state index contributed by atoms with van der Waals surface area (Å²) in [6, 6.07) is 4.48. The first-order valence-electron chi connectivity index (χ1n) is 6.38. The van der Waals surface area contributed by atoms with Crippen LogP contribution in [0.1, 0.15) is 11.1 Å². The predicted octanol–water partition coefficient (Wildman–Crippen LogP) is 0.281. The summed E-state index contributed by atoms with van der Waals surface area (Å²) in [7, 11) is 3.30. The number of nitrogens with zero attached hydrogens (tertiary/aromatic N) is 2. The standard InChI is InChI=1S/C13H20FN5O2/c1-19(2)13(20)17-7-6-16-8-9-4-3-5-10(11(9)14)12(15)18-21/h3-5,16,21H,6-8H2,1-2H3,(H2,15,18)(H,17,20). The van der Waals surface area contributed by atoms with E-state index in [2.05, 4.69) is 15.8 Å². The van der Waals surface area contributed by atoms with Gasteiger partial charge in [0, 0.05) is 39.3 Å². The fourth-order valence-corrected chi connectivity index (χ4v) is 1.61. The molecule has 0 radical (unpaired) electrons. The smallest absolute Gasteiger partial charge is 0.316 e. The van der Waals surface area contributed by atoms with Crippen LogP contribution in [0, 0.1) is 5.82 Å². The Morgan fingerprint density at radius 2 is 2.14 bits per heavy atom. The van der Waals surface area contributed by atoms with Crippen molar-refractivity contribution in [2.75, 3.05) is 27.2 Å². The van der Waals surface area contributed by atoms with E-state index in [0.717, 1.165) is 0 Å². The Kier molecular flexibility index (Phi) is 6.41. The van der Waals surface area contributed by atoms with Crippen LogP contribution in [0.4, 0.5) is 9.18 Å². The number of oxime groups is 1. The summed E-state index contributed by atoms with van der Waals surface area (Å²) >= 11 is 0. The van der Waals surface area contributed by atoms with Gasteiger partial charge in [-0.15, -0.1) is 0 Å². The molecule has 8 heteroatoms. The van der Waals surface area contributed by atoms with E-state index in [4.69, 9.17) is 10.9 Å². The minimum Gasteiger partial charge on any atom is -0.409 e. The maximum absolute atomic E-state index is 14.1. The van der Waals surface area contributed by atoms with Crippen LogP contribution in [0.25, 0.3) is 0 Å². The van der Waals surface area contributed by atoms with Gasteiger partial charge >= 0.3 is 6.03 Å². The lowest BCUT2D eigenvalue weighted by Crippen LogP contribution is -2.38. The van der Waals surface area contributed by atoms with E-state index in [1.807, 2.05) is 0 Å². The molecule has 2 amide bonds. The number of nitrogens with two attached hydrogens (primary N) is 1. The van der Waals surface area contributed by atoms with Gasteiger partial charge in [-0.1, -0.05) is 17.3 Å². The van der Waals surface area contributed by atoms with Crippen LogP contribution >= 0.6 is 0 Å². The molecule has 0 fully saturated rings. The molecule has 5 N–H and O–H groups in total. The molecule has 0 aromatic heterocycles. The number of urea groups is 1. The Bertz CT molecular complexity index is 519. The number of carbonyl (C=O) groups excluding carboxylic acids is 1. The third kappa shape index (κ3) is 4.92. The zero-order valence-corrected chi connectivity index (χ0v) is 12.1. The molecule has 7 nitrogen and oxygen atoms in total. The molecule has 0 bridgehead atoms. The number of benzene rings is 1. The van der Waals surface area contributed by atoms with Crippen molar-refractivity contribution in [1.82, 2.24) is 15.5 Å². The molecule has 1 aromatic carbocycles. The third-order valence-corrected chi connectivity index (χ3v) is 2.76. The van der Waals surface area contributed by atoms with Crippen LogP contribution in [0.3, 0.4) is 0 Å². The summed E-state index contributed by atoms with van der Waals surface area (Å²) in [5.74, 6) is -0.801. The minimum atomic E-state index is -0.530. The molecule has 1 aromatic rings. The van der Waals surface area contributed by atoms with Crippen molar-refractivity contribution < 1.29 is 14.4 Å². The van der Waals surface area contributed by atoms with Crippen LogP contribution in [0.2, 0.25) is 0 Å². The normalized spacial score (nSPS) is 11.3. The maximum Gasteiger partial charge on any atom is 0.316 e. The van der Waals surface area contributed by atoms with Crippen molar-refractivity contribution in [2.45, 2.75) is 6.54 Å². The number of carbonyl (C=O) groups is 1. The predicted molar refractivity (Wildman–Crippen MR) is 77.7 cm³/mol. The largest absolute Gasteiger partial charge is 0.409 e. The first kappa shape index (κ1) is 16.7. The van der Waals surface area contributed by atoms with Crippen molar-refractivity contribution >= 4 is 11.9 Å². The highest BCUT2D eigenvalue weighted by Crippen LogP contribution is 2.12. The van der Waals surface area contributed by atoms with Crippen LogP contribution in [-0.4, -0.2) is 49.2 Å². The quantitative estimate of drug-likeness (QED) is 0.199. The summed E-state index contributed by atoms with van der Waals surface area (Å²) in [6.07, 6.45) is 0. The molecular formula is C13H20FN5O2. The summed E-state index contributed by atoms with van der Waals surface area (Å²) < 4.78 is 14.1. The molecule has 0 aliphatic carbocycles. The molecule has 0 unspecified atom stereocenters.